The number of rotatable bonds is 5. The molecule has 0 bridgehead atoms. The first-order chi connectivity index (χ1) is 12.8. The van der Waals surface area contributed by atoms with Crippen LogP contribution in [0.4, 0.5) is 0 Å². The van der Waals surface area contributed by atoms with E-state index < -0.39 is 17.2 Å². The van der Waals surface area contributed by atoms with Crippen molar-refractivity contribution in [2.24, 2.45) is 11.1 Å². The monoisotopic (exact) mass is 388 g/mol. The fourth-order valence-electron chi connectivity index (χ4n) is 3.66. The molecule has 144 valence electrons. The fourth-order valence-corrected chi connectivity index (χ4v) is 3.88. The number of halogens is 1. The molecule has 2 aromatic rings. The van der Waals surface area contributed by atoms with Crippen molar-refractivity contribution < 1.29 is 9.59 Å². The van der Waals surface area contributed by atoms with Crippen LogP contribution >= 0.6 is 11.6 Å². The van der Waals surface area contributed by atoms with Gasteiger partial charge in [0, 0.05) is 30.4 Å². The van der Waals surface area contributed by atoms with Gasteiger partial charge in [-0.1, -0.05) is 29.8 Å². The smallest absolute Gasteiger partial charge is 0.231 e. The van der Waals surface area contributed by atoms with E-state index in [1.807, 2.05) is 23.1 Å². The first-order valence-corrected chi connectivity index (χ1v) is 9.59. The third-order valence-corrected chi connectivity index (χ3v) is 5.71. The van der Waals surface area contributed by atoms with Crippen LogP contribution in [0, 0.1) is 5.41 Å². The standard InChI is InChI=1S/C20H25ClN4O2/c1-20(2,19(22)27)16(18(26)25-10-6-3-7-11-25)14-12-23-24-17(14)13-8-4-5-9-15(13)21/h4-5,8-9,12,16H,3,6-7,10-11H2,1-2H3,(H2,22,27)(H,23,24). The van der Waals surface area contributed by atoms with Gasteiger partial charge in [-0.3, -0.25) is 14.7 Å². The van der Waals surface area contributed by atoms with E-state index in [1.165, 1.54) is 0 Å². The molecule has 1 aromatic carbocycles. The Hall–Kier alpha value is -2.34. The minimum Gasteiger partial charge on any atom is -0.369 e. The van der Waals surface area contributed by atoms with E-state index in [0.717, 1.165) is 19.3 Å². The number of carbonyl (C=O) groups excluding carboxylic acids is 2. The van der Waals surface area contributed by atoms with E-state index in [-0.39, 0.29) is 5.91 Å². The molecule has 27 heavy (non-hydrogen) atoms. The highest BCUT2D eigenvalue weighted by Gasteiger charge is 2.45. The Bertz CT molecular complexity index is 840. The maximum atomic E-state index is 13.5. The second-order valence-electron chi connectivity index (χ2n) is 7.57. The summed E-state index contributed by atoms with van der Waals surface area (Å²) in [7, 11) is 0. The summed E-state index contributed by atoms with van der Waals surface area (Å²) in [5.41, 5.74) is 6.55. The van der Waals surface area contributed by atoms with Crippen LogP contribution in [0.15, 0.2) is 30.5 Å². The average Bonchev–Trinajstić information content (AvgIpc) is 3.11. The van der Waals surface area contributed by atoms with Crippen molar-refractivity contribution in [3.05, 3.63) is 41.0 Å². The van der Waals surface area contributed by atoms with Crippen LogP contribution in [0.3, 0.4) is 0 Å². The lowest BCUT2D eigenvalue weighted by atomic mass is 9.73. The number of likely N-dealkylation sites (tertiary alicyclic amines) is 1. The second kappa shape index (κ2) is 7.72. The van der Waals surface area contributed by atoms with Crippen molar-refractivity contribution in [3.63, 3.8) is 0 Å². The molecular weight excluding hydrogens is 364 g/mol. The number of primary amides is 1. The van der Waals surface area contributed by atoms with Crippen molar-refractivity contribution >= 4 is 23.4 Å². The van der Waals surface area contributed by atoms with Crippen LogP contribution < -0.4 is 5.73 Å². The molecule has 1 fully saturated rings. The van der Waals surface area contributed by atoms with Crippen LogP contribution in [0.5, 0.6) is 0 Å². The summed E-state index contributed by atoms with van der Waals surface area (Å²) in [5, 5.41) is 7.71. The molecular formula is C20H25ClN4O2. The van der Waals surface area contributed by atoms with Crippen LogP contribution in [-0.2, 0) is 9.59 Å². The Morgan fingerprint density at radius 2 is 1.89 bits per heavy atom. The molecule has 1 aliphatic rings. The summed E-state index contributed by atoms with van der Waals surface area (Å²) in [6.45, 7) is 4.82. The van der Waals surface area contributed by atoms with Gasteiger partial charge in [0.2, 0.25) is 11.8 Å². The maximum Gasteiger partial charge on any atom is 0.231 e. The molecule has 1 unspecified atom stereocenters. The number of nitrogens with two attached hydrogens (primary N) is 1. The number of nitrogens with zero attached hydrogens (tertiary/aromatic N) is 2. The van der Waals surface area contributed by atoms with E-state index >= 15 is 0 Å². The van der Waals surface area contributed by atoms with Gasteiger partial charge in [0.1, 0.15) is 0 Å². The van der Waals surface area contributed by atoms with E-state index in [0.29, 0.717) is 34.9 Å². The molecule has 2 heterocycles. The zero-order valence-corrected chi connectivity index (χ0v) is 16.4. The molecule has 0 saturated carbocycles. The van der Waals surface area contributed by atoms with Gasteiger partial charge in [-0.2, -0.15) is 5.10 Å². The topological polar surface area (TPSA) is 92.1 Å². The predicted octanol–water partition coefficient (Wildman–Crippen LogP) is 3.34. The molecule has 1 atom stereocenters. The number of H-pyrrole nitrogens is 1. The van der Waals surface area contributed by atoms with E-state index in [2.05, 4.69) is 10.2 Å². The number of aromatic amines is 1. The molecule has 1 saturated heterocycles. The number of piperidine rings is 1. The maximum absolute atomic E-state index is 13.5. The van der Waals surface area contributed by atoms with E-state index in [1.54, 1.807) is 26.1 Å². The molecule has 3 rings (SSSR count). The van der Waals surface area contributed by atoms with Gasteiger partial charge in [0.05, 0.1) is 22.0 Å². The second-order valence-corrected chi connectivity index (χ2v) is 7.98. The largest absolute Gasteiger partial charge is 0.369 e. The summed E-state index contributed by atoms with van der Waals surface area (Å²) in [5.74, 6) is -1.35. The molecule has 3 N–H and O–H groups in total. The quantitative estimate of drug-likeness (QED) is 0.822. The van der Waals surface area contributed by atoms with Crippen LogP contribution in [0.2, 0.25) is 5.02 Å². The number of hydrogen-bond acceptors (Lipinski definition) is 3. The number of benzene rings is 1. The van der Waals surface area contributed by atoms with Gasteiger partial charge >= 0.3 is 0 Å². The van der Waals surface area contributed by atoms with Crippen molar-refractivity contribution in [1.82, 2.24) is 15.1 Å². The molecule has 1 aliphatic heterocycles. The SMILES string of the molecule is CC(C)(C(N)=O)C(C(=O)N1CCCCC1)c1c[nH]nc1-c1ccccc1Cl. The predicted molar refractivity (Wildman–Crippen MR) is 105 cm³/mol. The van der Waals surface area contributed by atoms with Gasteiger partial charge in [0.15, 0.2) is 0 Å². The minimum absolute atomic E-state index is 0.0896. The zero-order valence-electron chi connectivity index (χ0n) is 15.7. The Balaban J connectivity index is 2.10. The summed E-state index contributed by atoms with van der Waals surface area (Å²) >= 11 is 6.36. The Labute approximate surface area is 164 Å². The Morgan fingerprint density at radius 3 is 2.52 bits per heavy atom. The summed E-state index contributed by atoms with van der Waals surface area (Å²) in [6, 6.07) is 7.32. The first-order valence-electron chi connectivity index (χ1n) is 9.21. The fraction of sp³-hybridized carbons (Fsp3) is 0.450. The molecule has 7 heteroatoms. The van der Waals surface area contributed by atoms with Crippen molar-refractivity contribution in [3.8, 4) is 11.3 Å². The molecule has 6 nitrogen and oxygen atoms in total. The van der Waals surface area contributed by atoms with Crippen molar-refractivity contribution in [1.29, 1.82) is 0 Å². The lowest BCUT2D eigenvalue weighted by Gasteiger charge is -2.36. The summed E-state index contributed by atoms with van der Waals surface area (Å²) in [6.07, 6.45) is 4.73. The lowest BCUT2D eigenvalue weighted by Crippen LogP contribution is -2.47. The normalized spacial score (nSPS) is 16.2. The van der Waals surface area contributed by atoms with E-state index in [4.69, 9.17) is 17.3 Å². The number of amides is 2. The number of aromatic nitrogens is 2. The van der Waals surface area contributed by atoms with Crippen LogP contribution in [0.1, 0.15) is 44.6 Å². The highest BCUT2D eigenvalue weighted by atomic mass is 35.5. The third kappa shape index (κ3) is 3.72. The van der Waals surface area contributed by atoms with Gasteiger partial charge in [-0.25, -0.2) is 0 Å². The summed E-state index contributed by atoms with van der Waals surface area (Å²) in [4.78, 5) is 27.5. The van der Waals surface area contributed by atoms with Crippen molar-refractivity contribution in [2.45, 2.75) is 39.0 Å². The van der Waals surface area contributed by atoms with Gasteiger partial charge in [-0.15, -0.1) is 0 Å². The zero-order chi connectivity index (χ0) is 19.6. The Kier molecular flexibility index (Phi) is 5.56. The lowest BCUT2D eigenvalue weighted by molar-refractivity contribution is -0.141. The highest BCUT2D eigenvalue weighted by Crippen LogP contribution is 2.42. The molecule has 0 radical (unpaired) electrons. The average molecular weight is 389 g/mol. The third-order valence-electron chi connectivity index (χ3n) is 5.38. The number of hydrogen-bond donors (Lipinski definition) is 2. The number of carbonyl (C=O) groups is 2. The first kappa shape index (κ1) is 19.4. The van der Waals surface area contributed by atoms with Gasteiger partial charge in [-0.05, 0) is 39.2 Å². The van der Waals surface area contributed by atoms with Crippen LogP contribution in [-0.4, -0.2) is 40.0 Å². The minimum atomic E-state index is -1.07. The van der Waals surface area contributed by atoms with E-state index in [9.17, 15) is 9.59 Å². The molecule has 0 aliphatic carbocycles. The number of nitrogens with one attached hydrogen (secondary N) is 1. The van der Waals surface area contributed by atoms with Crippen LogP contribution in [0.25, 0.3) is 11.3 Å². The highest BCUT2D eigenvalue weighted by molar-refractivity contribution is 6.33. The molecule has 1 aromatic heterocycles. The summed E-state index contributed by atoms with van der Waals surface area (Å²) < 4.78 is 0. The van der Waals surface area contributed by atoms with Gasteiger partial charge in [0.25, 0.3) is 0 Å². The molecule has 0 spiro atoms. The van der Waals surface area contributed by atoms with Crippen molar-refractivity contribution in [2.75, 3.05) is 13.1 Å². The van der Waals surface area contributed by atoms with Gasteiger partial charge < -0.3 is 10.6 Å². The Morgan fingerprint density at radius 1 is 1.22 bits per heavy atom. The molecule has 2 amide bonds.